The van der Waals surface area contributed by atoms with Crippen molar-refractivity contribution < 1.29 is 23.8 Å². The van der Waals surface area contributed by atoms with Crippen molar-refractivity contribution in [3.8, 4) is 0 Å². The normalized spacial score (nSPS) is 21.0. The van der Waals surface area contributed by atoms with Gasteiger partial charge < -0.3 is 19.7 Å². The predicted molar refractivity (Wildman–Crippen MR) is 45.5 cm³/mol. The van der Waals surface area contributed by atoms with Crippen LogP contribution in [0.2, 0.25) is 0 Å². The summed E-state index contributed by atoms with van der Waals surface area (Å²) in [7, 11) is 0. The summed E-state index contributed by atoms with van der Waals surface area (Å²) in [6.45, 7) is 4.11. The highest BCUT2D eigenvalue weighted by molar-refractivity contribution is 6.20. The number of hydrogen-bond donors (Lipinski definition) is 0. The number of nitrogens with zero attached hydrogens (tertiary/aromatic N) is 2. The standard InChI is InChI=1S/C8H12N2O4/c1-8(2)12-4-6(5-13-8)14-7(11)3-10-9/h3,6H,4-5H2,1-2H3. The Hall–Kier alpha value is -1.23. The summed E-state index contributed by atoms with van der Waals surface area (Å²) < 4.78 is 15.3. The van der Waals surface area contributed by atoms with Crippen LogP contribution in [0.4, 0.5) is 0 Å². The topological polar surface area (TPSA) is 81.2 Å². The van der Waals surface area contributed by atoms with Crippen molar-refractivity contribution in [1.82, 2.24) is 0 Å². The summed E-state index contributed by atoms with van der Waals surface area (Å²) in [6, 6.07) is 0. The average molecular weight is 200 g/mol. The first-order valence-electron chi connectivity index (χ1n) is 4.19. The summed E-state index contributed by atoms with van der Waals surface area (Å²) in [4.78, 5) is 13.4. The van der Waals surface area contributed by atoms with E-state index in [9.17, 15) is 4.79 Å². The maximum atomic E-state index is 10.8. The van der Waals surface area contributed by atoms with Crippen LogP contribution < -0.4 is 0 Å². The minimum absolute atomic E-state index is 0.276. The van der Waals surface area contributed by atoms with Gasteiger partial charge in [0.25, 0.3) is 0 Å². The molecule has 0 aromatic rings. The predicted octanol–water partition coefficient (Wildman–Crippen LogP) is -0.0183. The summed E-state index contributed by atoms with van der Waals surface area (Å²) in [5.74, 6) is -1.35. The SMILES string of the molecule is CC1(C)OCC(OC(=O)C=[N+]=[N-])CO1. The molecule has 78 valence electrons. The lowest BCUT2D eigenvalue weighted by atomic mass is 10.3. The van der Waals surface area contributed by atoms with Crippen molar-refractivity contribution in [2.75, 3.05) is 13.2 Å². The van der Waals surface area contributed by atoms with Crippen molar-refractivity contribution in [2.24, 2.45) is 0 Å². The lowest BCUT2D eigenvalue weighted by Crippen LogP contribution is -2.44. The first-order valence-corrected chi connectivity index (χ1v) is 4.19. The van der Waals surface area contributed by atoms with E-state index in [4.69, 9.17) is 19.7 Å². The van der Waals surface area contributed by atoms with Gasteiger partial charge in [-0.3, -0.25) is 0 Å². The first-order chi connectivity index (χ1) is 6.53. The molecule has 6 nitrogen and oxygen atoms in total. The Kier molecular flexibility index (Phi) is 3.35. The van der Waals surface area contributed by atoms with Gasteiger partial charge in [-0.25, -0.2) is 4.79 Å². The fraction of sp³-hybridized carbons (Fsp3) is 0.750. The molecule has 0 radical (unpaired) electrons. The number of ether oxygens (including phenoxy) is 3. The molecule has 0 aliphatic carbocycles. The second kappa shape index (κ2) is 4.32. The van der Waals surface area contributed by atoms with Gasteiger partial charge in [-0.05, 0) is 13.8 Å². The highest BCUT2D eigenvalue weighted by Crippen LogP contribution is 2.18. The molecule has 1 fully saturated rings. The van der Waals surface area contributed by atoms with E-state index in [-0.39, 0.29) is 13.2 Å². The van der Waals surface area contributed by atoms with Crippen LogP contribution in [-0.4, -0.2) is 42.1 Å². The van der Waals surface area contributed by atoms with Crippen LogP contribution in [0.15, 0.2) is 0 Å². The van der Waals surface area contributed by atoms with Crippen LogP contribution in [0.25, 0.3) is 5.53 Å². The molecule has 1 rings (SSSR count). The largest absolute Gasteiger partial charge is 0.449 e. The molecule has 0 bridgehead atoms. The van der Waals surface area contributed by atoms with Gasteiger partial charge in [0.15, 0.2) is 5.79 Å². The Balaban J connectivity index is 2.36. The van der Waals surface area contributed by atoms with Crippen molar-refractivity contribution in [2.45, 2.75) is 25.7 Å². The monoisotopic (exact) mass is 200 g/mol. The van der Waals surface area contributed by atoms with E-state index in [1.54, 1.807) is 13.8 Å². The van der Waals surface area contributed by atoms with Gasteiger partial charge >= 0.3 is 12.2 Å². The smallest absolute Gasteiger partial charge is 0.414 e. The zero-order chi connectivity index (χ0) is 10.6. The fourth-order valence-corrected chi connectivity index (χ4v) is 0.987. The fourth-order valence-electron chi connectivity index (χ4n) is 0.987. The molecule has 14 heavy (non-hydrogen) atoms. The second-order valence-electron chi connectivity index (χ2n) is 3.33. The Labute approximate surface area is 81.4 Å². The lowest BCUT2D eigenvalue weighted by molar-refractivity contribution is -0.275. The molecule has 0 N–H and O–H groups in total. The quantitative estimate of drug-likeness (QED) is 0.271. The summed E-state index contributed by atoms with van der Waals surface area (Å²) in [5.41, 5.74) is 8.06. The molecule has 0 aromatic heterocycles. The van der Waals surface area contributed by atoms with Crippen LogP contribution in [0, 0.1) is 0 Å². The Morgan fingerprint density at radius 3 is 2.64 bits per heavy atom. The molecule has 0 aromatic carbocycles. The zero-order valence-electron chi connectivity index (χ0n) is 8.10. The summed E-state index contributed by atoms with van der Waals surface area (Å²) in [5, 5.41) is 0. The van der Waals surface area contributed by atoms with Crippen molar-refractivity contribution >= 4 is 12.2 Å². The van der Waals surface area contributed by atoms with Gasteiger partial charge in [0.1, 0.15) is 6.10 Å². The minimum atomic E-state index is -0.718. The molecule has 0 saturated carbocycles. The van der Waals surface area contributed by atoms with Gasteiger partial charge in [-0.2, -0.15) is 4.79 Å². The molecule has 0 spiro atoms. The van der Waals surface area contributed by atoms with Crippen molar-refractivity contribution in [1.29, 1.82) is 0 Å². The molecular weight excluding hydrogens is 188 g/mol. The number of esters is 1. The number of carbonyl (C=O) groups is 1. The Bertz CT molecular complexity index is 261. The molecule has 1 aliphatic heterocycles. The van der Waals surface area contributed by atoms with E-state index >= 15 is 0 Å². The molecule has 1 aliphatic rings. The van der Waals surface area contributed by atoms with Crippen LogP contribution in [0.1, 0.15) is 13.8 Å². The summed E-state index contributed by atoms with van der Waals surface area (Å²) in [6.07, 6.45) is 0.230. The zero-order valence-corrected chi connectivity index (χ0v) is 8.10. The summed E-state index contributed by atoms with van der Waals surface area (Å²) >= 11 is 0. The van der Waals surface area contributed by atoms with Gasteiger partial charge in [-0.1, -0.05) is 0 Å². The molecule has 1 heterocycles. The third-order valence-electron chi connectivity index (χ3n) is 1.68. The molecule has 0 unspecified atom stereocenters. The van der Waals surface area contributed by atoms with Crippen LogP contribution >= 0.6 is 0 Å². The van der Waals surface area contributed by atoms with Crippen LogP contribution in [0.5, 0.6) is 0 Å². The maximum Gasteiger partial charge on any atom is 0.414 e. The van der Waals surface area contributed by atoms with E-state index < -0.39 is 17.9 Å². The van der Waals surface area contributed by atoms with Gasteiger partial charge in [-0.15, -0.1) is 0 Å². The Morgan fingerprint density at radius 1 is 1.57 bits per heavy atom. The minimum Gasteiger partial charge on any atom is -0.449 e. The molecule has 0 atom stereocenters. The van der Waals surface area contributed by atoms with Crippen LogP contribution in [-0.2, 0) is 19.0 Å². The number of carbonyl (C=O) groups excluding carboxylic acids is 1. The van der Waals surface area contributed by atoms with Crippen molar-refractivity contribution in [3.05, 3.63) is 5.53 Å². The first kappa shape index (κ1) is 10.8. The van der Waals surface area contributed by atoms with E-state index in [0.717, 1.165) is 0 Å². The third kappa shape index (κ3) is 3.26. The molecular formula is C8H12N2O4. The average Bonchev–Trinajstić information content (AvgIpc) is 2.09. The number of rotatable bonds is 2. The number of hydrogen-bond acceptors (Lipinski definition) is 4. The highest BCUT2D eigenvalue weighted by atomic mass is 16.7. The van der Waals surface area contributed by atoms with E-state index in [1.807, 2.05) is 0 Å². The molecule has 6 heteroatoms. The van der Waals surface area contributed by atoms with Crippen molar-refractivity contribution in [3.63, 3.8) is 0 Å². The highest BCUT2D eigenvalue weighted by Gasteiger charge is 2.30. The van der Waals surface area contributed by atoms with Gasteiger partial charge in [0.2, 0.25) is 0 Å². The van der Waals surface area contributed by atoms with Crippen LogP contribution in [0.3, 0.4) is 0 Å². The third-order valence-corrected chi connectivity index (χ3v) is 1.68. The Morgan fingerprint density at radius 2 is 2.14 bits per heavy atom. The van der Waals surface area contributed by atoms with E-state index in [2.05, 4.69) is 4.79 Å². The lowest BCUT2D eigenvalue weighted by Gasteiger charge is -2.33. The second-order valence-corrected chi connectivity index (χ2v) is 3.33. The van der Waals surface area contributed by atoms with Gasteiger partial charge in [0.05, 0.1) is 13.2 Å². The van der Waals surface area contributed by atoms with Gasteiger partial charge in [0, 0.05) is 0 Å². The maximum absolute atomic E-state index is 10.8. The molecule has 0 amide bonds. The van der Waals surface area contributed by atoms with E-state index in [1.165, 1.54) is 0 Å². The van der Waals surface area contributed by atoms with E-state index in [0.29, 0.717) is 6.21 Å². The molecule has 1 saturated heterocycles.